The lowest BCUT2D eigenvalue weighted by atomic mass is 9.88. The zero-order valence-electron chi connectivity index (χ0n) is 9.77. The van der Waals surface area contributed by atoms with Gasteiger partial charge < -0.3 is 9.32 Å². The minimum Gasteiger partial charge on any atom is -0.467 e. The van der Waals surface area contributed by atoms with Crippen LogP contribution in [0.2, 0.25) is 0 Å². The number of amides is 1. The molecule has 3 heteroatoms. The molecule has 1 saturated heterocycles. The van der Waals surface area contributed by atoms with Crippen LogP contribution in [0.15, 0.2) is 35.5 Å². The van der Waals surface area contributed by atoms with Crippen molar-refractivity contribution in [2.24, 2.45) is 5.41 Å². The third-order valence-corrected chi connectivity index (χ3v) is 3.21. The number of likely N-dealkylation sites (tertiary alicyclic amines) is 1. The van der Waals surface area contributed by atoms with Crippen LogP contribution in [-0.2, 0) is 4.79 Å². The van der Waals surface area contributed by atoms with Crippen LogP contribution in [0.1, 0.15) is 32.1 Å². The lowest BCUT2D eigenvalue weighted by molar-refractivity contribution is -0.147. The Kier molecular flexibility index (Phi) is 2.62. The summed E-state index contributed by atoms with van der Waals surface area (Å²) in [6.07, 6.45) is 4.33. The van der Waals surface area contributed by atoms with Gasteiger partial charge in [0.1, 0.15) is 5.76 Å². The molecule has 3 nitrogen and oxygen atoms in total. The highest BCUT2D eigenvalue weighted by molar-refractivity contribution is 5.84. The first-order chi connectivity index (χ1) is 7.56. The molecule has 2 heterocycles. The molecule has 0 saturated carbocycles. The first kappa shape index (κ1) is 11.0. The monoisotopic (exact) mass is 219 g/mol. The van der Waals surface area contributed by atoms with Crippen LogP contribution in [0.5, 0.6) is 0 Å². The van der Waals surface area contributed by atoms with Gasteiger partial charge >= 0.3 is 0 Å². The van der Waals surface area contributed by atoms with Crippen molar-refractivity contribution >= 4 is 5.91 Å². The third kappa shape index (κ3) is 1.66. The minimum atomic E-state index is -0.495. The van der Waals surface area contributed by atoms with Gasteiger partial charge in [-0.05, 0) is 32.4 Å². The summed E-state index contributed by atoms with van der Waals surface area (Å²) in [6.45, 7) is 8.30. The fourth-order valence-electron chi connectivity index (χ4n) is 1.86. The maximum atomic E-state index is 12.2. The van der Waals surface area contributed by atoms with Crippen molar-refractivity contribution in [3.8, 4) is 0 Å². The smallest absolute Gasteiger partial charge is 0.232 e. The van der Waals surface area contributed by atoms with Gasteiger partial charge in [0.2, 0.25) is 5.91 Å². The summed E-state index contributed by atoms with van der Waals surface area (Å²) in [7, 11) is 0. The Morgan fingerprint density at radius 3 is 2.88 bits per heavy atom. The number of hydrogen-bond donors (Lipinski definition) is 0. The highest BCUT2D eigenvalue weighted by Gasteiger charge is 2.40. The fourth-order valence-corrected chi connectivity index (χ4v) is 1.86. The summed E-state index contributed by atoms with van der Waals surface area (Å²) in [4.78, 5) is 14.1. The average Bonchev–Trinajstić information content (AvgIpc) is 2.69. The molecule has 0 bridgehead atoms. The van der Waals surface area contributed by atoms with E-state index in [1.165, 1.54) is 0 Å². The van der Waals surface area contributed by atoms with Crippen molar-refractivity contribution in [1.29, 1.82) is 0 Å². The first-order valence-electron chi connectivity index (χ1n) is 5.54. The van der Waals surface area contributed by atoms with E-state index in [1.54, 1.807) is 12.3 Å². The van der Waals surface area contributed by atoms with E-state index < -0.39 is 5.41 Å². The Bertz CT molecular complexity index is 392. The Balaban J connectivity index is 2.13. The lowest BCUT2D eigenvalue weighted by Crippen LogP contribution is -2.49. The molecule has 0 spiro atoms. The van der Waals surface area contributed by atoms with Gasteiger partial charge in [-0.25, -0.2) is 0 Å². The van der Waals surface area contributed by atoms with Gasteiger partial charge in [-0.1, -0.05) is 6.08 Å². The molecule has 1 aromatic rings. The SMILES string of the molecule is C=CC(C)(C)C(=O)N1CCC1c1ccco1. The van der Waals surface area contributed by atoms with Crippen molar-refractivity contribution < 1.29 is 9.21 Å². The Morgan fingerprint density at radius 2 is 2.44 bits per heavy atom. The molecular weight excluding hydrogens is 202 g/mol. The number of carbonyl (C=O) groups is 1. The number of nitrogens with zero attached hydrogens (tertiary/aromatic N) is 1. The molecule has 2 rings (SSSR count). The standard InChI is InChI=1S/C13H17NO2/c1-4-13(2,3)12(15)14-8-7-10(14)11-6-5-9-16-11/h4-6,9-10H,1,7-8H2,2-3H3. The van der Waals surface area contributed by atoms with Gasteiger partial charge in [-0.2, -0.15) is 0 Å². The Labute approximate surface area is 95.7 Å². The van der Waals surface area contributed by atoms with Gasteiger partial charge in [-0.15, -0.1) is 6.58 Å². The van der Waals surface area contributed by atoms with E-state index in [0.29, 0.717) is 0 Å². The van der Waals surface area contributed by atoms with Gasteiger partial charge in [0.25, 0.3) is 0 Å². The normalized spacial score (nSPS) is 20.4. The molecule has 86 valence electrons. The molecule has 1 aliphatic rings. The van der Waals surface area contributed by atoms with Crippen LogP contribution in [0, 0.1) is 5.41 Å². The number of carbonyl (C=O) groups excluding carboxylic acids is 1. The van der Waals surface area contributed by atoms with Crippen LogP contribution in [0.3, 0.4) is 0 Å². The van der Waals surface area contributed by atoms with Crippen LogP contribution in [0.25, 0.3) is 0 Å². The highest BCUT2D eigenvalue weighted by atomic mass is 16.3. The molecule has 1 aliphatic heterocycles. The molecule has 0 aromatic carbocycles. The predicted octanol–water partition coefficient (Wildman–Crippen LogP) is 2.77. The molecule has 1 unspecified atom stereocenters. The van der Waals surface area contributed by atoms with Crippen LogP contribution in [-0.4, -0.2) is 17.4 Å². The van der Waals surface area contributed by atoms with Gasteiger partial charge in [0.15, 0.2) is 0 Å². The zero-order valence-corrected chi connectivity index (χ0v) is 9.77. The van der Waals surface area contributed by atoms with Crippen molar-refractivity contribution in [2.45, 2.75) is 26.3 Å². The van der Waals surface area contributed by atoms with E-state index in [-0.39, 0.29) is 11.9 Å². The van der Waals surface area contributed by atoms with E-state index in [4.69, 9.17) is 4.42 Å². The second-order valence-electron chi connectivity index (χ2n) is 4.74. The quantitative estimate of drug-likeness (QED) is 0.732. The van der Waals surface area contributed by atoms with Gasteiger partial charge in [0, 0.05) is 6.54 Å². The topological polar surface area (TPSA) is 33.5 Å². The number of hydrogen-bond acceptors (Lipinski definition) is 2. The molecule has 1 aromatic heterocycles. The van der Waals surface area contributed by atoms with Crippen LogP contribution in [0.4, 0.5) is 0 Å². The minimum absolute atomic E-state index is 0.113. The summed E-state index contributed by atoms with van der Waals surface area (Å²) in [6, 6.07) is 3.89. The van der Waals surface area contributed by atoms with E-state index in [1.807, 2.05) is 30.9 Å². The lowest BCUT2D eigenvalue weighted by Gasteiger charge is -2.43. The molecule has 0 radical (unpaired) electrons. The highest BCUT2D eigenvalue weighted by Crippen LogP contribution is 2.37. The van der Waals surface area contributed by atoms with Crippen molar-refractivity contribution in [3.05, 3.63) is 36.8 Å². The van der Waals surface area contributed by atoms with Gasteiger partial charge in [0.05, 0.1) is 17.7 Å². The molecular formula is C13H17NO2. The molecule has 0 aliphatic carbocycles. The molecule has 1 atom stereocenters. The first-order valence-corrected chi connectivity index (χ1v) is 5.54. The largest absolute Gasteiger partial charge is 0.467 e. The van der Waals surface area contributed by atoms with Crippen LogP contribution >= 0.6 is 0 Å². The summed E-state index contributed by atoms with van der Waals surface area (Å²) < 4.78 is 5.34. The van der Waals surface area contributed by atoms with E-state index in [2.05, 4.69) is 6.58 Å². The maximum absolute atomic E-state index is 12.2. The molecule has 1 amide bonds. The summed E-state index contributed by atoms with van der Waals surface area (Å²) in [5.74, 6) is 0.995. The fraction of sp³-hybridized carbons (Fsp3) is 0.462. The van der Waals surface area contributed by atoms with Crippen molar-refractivity contribution in [3.63, 3.8) is 0 Å². The maximum Gasteiger partial charge on any atom is 0.232 e. The van der Waals surface area contributed by atoms with Crippen molar-refractivity contribution in [1.82, 2.24) is 4.90 Å². The third-order valence-electron chi connectivity index (χ3n) is 3.21. The predicted molar refractivity (Wildman–Crippen MR) is 61.8 cm³/mol. The van der Waals surface area contributed by atoms with E-state index in [9.17, 15) is 4.79 Å². The molecule has 16 heavy (non-hydrogen) atoms. The number of furan rings is 1. The van der Waals surface area contributed by atoms with Gasteiger partial charge in [-0.3, -0.25) is 4.79 Å². The summed E-state index contributed by atoms with van der Waals surface area (Å²) in [5, 5.41) is 0. The summed E-state index contributed by atoms with van der Waals surface area (Å²) >= 11 is 0. The molecule has 1 fully saturated rings. The molecule has 0 N–H and O–H groups in total. The van der Waals surface area contributed by atoms with Crippen molar-refractivity contribution in [2.75, 3.05) is 6.54 Å². The second-order valence-corrected chi connectivity index (χ2v) is 4.74. The number of rotatable bonds is 3. The average molecular weight is 219 g/mol. The Hall–Kier alpha value is -1.51. The second kappa shape index (κ2) is 3.81. The van der Waals surface area contributed by atoms with Crippen LogP contribution < -0.4 is 0 Å². The van der Waals surface area contributed by atoms with E-state index >= 15 is 0 Å². The van der Waals surface area contributed by atoms with E-state index in [0.717, 1.165) is 18.7 Å². The summed E-state index contributed by atoms with van der Waals surface area (Å²) in [5.41, 5.74) is -0.495. The Morgan fingerprint density at radius 1 is 1.69 bits per heavy atom. The zero-order chi connectivity index (χ0) is 11.8.